The monoisotopic (exact) mass is 442 g/mol. The van der Waals surface area contributed by atoms with Gasteiger partial charge in [-0.05, 0) is 97.2 Å². The summed E-state index contributed by atoms with van der Waals surface area (Å²) in [6.07, 6.45) is 15.8. The lowest BCUT2D eigenvalue weighted by molar-refractivity contribution is -0.148. The third-order valence-corrected chi connectivity index (χ3v) is 11.4. The topological polar surface area (TPSA) is 26.3 Å². The van der Waals surface area contributed by atoms with E-state index in [4.69, 9.17) is 4.74 Å². The highest BCUT2D eigenvalue weighted by atomic mass is 16.5. The first-order chi connectivity index (χ1) is 15.1. The molecule has 0 aromatic heterocycles. The van der Waals surface area contributed by atoms with Crippen LogP contribution in [0.15, 0.2) is 11.6 Å². The highest BCUT2D eigenvalue weighted by Gasteiger charge is 2.59. The zero-order valence-electron chi connectivity index (χ0n) is 22.1. The Bertz CT molecular complexity index is 722. The molecule has 0 saturated heterocycles. The maximum absolute atomic E-state index is 11.5. The quantitative estimate of drug-likeness (QED) is 0.306. The summed E-state index contributed by atoms with van der Waals surface area (Å²) in [5, 5.41) is 0. The summed E-state index contributed by atoms with van der Waals surface area (Å²) < 4.78 is 5.62. The molecule has 2 nitrogen and oxygen atoms in total. The van der Waals surface area contributed by atoms with Gasteiger partial charge in [0.15, 0.2) is 0 Å². The second-order valence-corrected chi connectivity index (χ2v) is 13.2. The summed E-state index contributed by atoms with van der Waals surface area (Å²) in [6, 6.07) is 0. The van der Waals surface area contributed by atoms with Crippen LogP contribution in [-0.2, 0) is 9.53 Å². The van der Waals surface area contributed by atoms with Gasteiger partial charge in [0.2, 0.25) is 0 Å². The highest BCUT2D eigenvalue weighted by Crippen LogP contribution is 2.67. The van der Waals surface area contributed by atoms with Crippen molar-refractivity contribution in [1.29, 1.82) is 0 Å². The maximum atomic E-state index is 11.5. The van der Waals surface area contributed by atoms with E-state index in [2.05, 4.69) is 47.6 Å². The molecule has 0 N–H and O–H groups in total. The smallest absolute Gasteiger partial charge is 0.302 e. The van der Waals surface area contributed by atoms with Crippen LogP contribution in [0.3, 0.4) is 0 Å². The number of esters is 1. The largest absolute Gasteiger partial charge is 0.462 e. The van der Waals surface area contributed by atoms with Crippen LogP contribution in [0.4, 0.5) is 0 Å². The van der Waals surface area contributed by atoms with Crippen molar-refractivity contribution >= 4 is 5.97 Å². The molecule has 0 aliphatic heterocycles. The Balaban J connectivity index is 1.46. The van der Waals surface area contributed by atoms with Crippen LogP contribution in [-0.4, -0.2) is 12.1 Å². The molecule has 0 aromatic carbocycles. The Morgan fingerprint density at radius 2 is 1.78 bits per heavy atom. The average Bonchev–Trinajstić information content (AvgIpc) is 3.08. The number of carbonyl (C=O) groups excluding carboxylic acids is 1. The van der Waals surface area contributed by atoms with Crippen LogP contribution in [0.2, 0.25) is 0 Å². The zero-order valence-corrected chi connectivity index (χ0v) is 22.1. The summed E-state index contributed by atoms with van der Waals surface area (Å²) in [6.45, 7) is 16.6. The molecule has 4 aliphatic rings. The van der Waals surface area contributed by atoms with E-state index in [0.717, 1.165) is 54.3 Å². The predicted octanol–water partition coefficient (Wildman–Crippen LogP) is 8.21. The van der Waals surface area contributed by atoms with Crippen molar-refractivity contribution in [3.05, 3.63) is 11.6 Å². The zero-order chi connectivity index (χ0) is 23.3. The van der Waals surface area contributed by atoms with Crippen molar-refractivity contribution in [2.75, 3.05) is 0 Å². The van der Waals surface area contributed by atoms with Gasteiger partial charge in [-0.15, -0.1) is 0 Å². The number of fused-ring (bicyclic) bond motifs is 5. The van der Waals surface area contributed by atoms with E-state index in [9.17, 15) is 4.79 Å². The second-order valence-electron chi connectivity index (χ2n) is 13.2. The molecular weight excluding hydrogens is 392 g/mol. The minimum Gasteiger partial charge on any atom is -0.462 e. The van der Waals surface area contributed by atoms with Gasteiger partial charge in [-0.2, -0.15) is 0 Å². The molecule has 182 valence electrons. The summed E-state index contributed by atoms with van der Waals surface area (Å²) in [4.78, 5) is 11.5. The van der Waals surface area contributed by atoms with Crippen molar-refractivity contribution in [2.24, 2.45) is 52.3 Å². The van der Waals surface area contributed by atoms with E-state index in [1.807, 2.05) is 0 Å². The van der Waals surface area contributed by atoms with Crippen molar-refractivity contribution < 1.29 is 9.53 Å². The van der Waals surface area contributed by atoms with Gasteiger partial charge >= 0.3 is 5.97 Å². The molecule has 2 heteroatoms. The molecule has 0 heterocycles. The molecule has 0 radical (unpaired) electrons. The number of hydrogen-bond acceptors (Lipinski definition) is 2. The highest BCUT2D eigenvalue weighted by molar-refractivity contribution is 5.66. The van der Waals surface area contributed by atoms with Crippen molar-refractivity contribution in [3.63, 3.8) is 0 Å². The van der Waals surface area contributed by atoms with E-state index in [1.54, 1.807) is 12.5 Å². The Hall–Kier alpha value is -0.790. The van der Waals surface area contributed by atoms with Gasteiger partial charge < -0.3 is 4.74 Å². The first-order valence-corrected chi connectivity index (χ1v) is 13.9. The molecule has 0 bridgehead atoms. The summed E-state index contributed by atoms with van der Waals surface area (Å²) in [5.74, 6) is 5.96. The van der Waals surface area contributed by atoms with Crippen LogP contribution < -0.4 is 0 Å². The van der Waals surface area contributed by atoms with Crippen LogP contribution in [0.5, 0.6) is 0 Å². The minimum absolute atomic E-state index is 0.113. The summed E-state index contributed by atoms with van der Waals surface area (Å²) >= 11 is 0. The molecule has 3 fully saturated rings. The Morgan fingerprint density at radius 1 is 1.03 bits per heavy atom. The fraction of sp³-hybridized carbons (Fsp3) is 0.900. The van der Waals surface area contributed by atoms with E-state index >= 15 is 0 Å². The van der Waals surface area contributed by atoms with Crippen LogP contribution in [0, 0.1) is 52.3 Å². The van der Waals surface area contributed by atoms with Crippen molar-refractivity contribution in [1.82, 2.24) is 0 Å². The van der Waals surface area contributed by atoms with Crippen LogP contribution >= 0.6 is 0 Å². The van der Waals surface area contributed by atoms with E-state index in [0.29, 0.717) is 10.8 Å². The number of rotatable bonds is 6. The fourth-order valence-corrected chi connectivity index (χ4v) is 9.00. The standard InChI is InChI=1S/C30H50O2/c1-19(2)20(3)8-9-21(4)26-12-13-27-25-11-10-23-18-24(32-22(5)31)14-16-29(23,6)28(25)15-17-30(26,27)7/h10,19-21,24-28H,8-9,11-18H2,1-7H3/t20-,21-,24-,25+,26-,27+,28+,29+,30-/m1/s1. The third-order valence-electron chi connectivity index (χ3n) is 11.4. The molecule has 0 unspecified atom stereocenters. The van der Waals surface area contributed by atoms with E-state index < -0.39 is 0 Å². The van der Waals surface area contributed by atoms with Gasteiger partial charge in [0, 0.05) is 13.3 Å². The Morgan fingerprint density at radius 3 is 2.47 bits per heavy atom. The van der Waals surface area contributed by atoms with Crippen LogP contribution in [0.1, 0.15) is 113 Å². The van der Waals surface area contributed by atoms with Gasteiger partial charge in [-0.3, -0.25) is 4.79 Å². The lowest BCUT2D eigenvalue weighted by Crippen LogP contribution is -2.51. The van der Waals surface area contributed by atoms with Gasteiger partial charge in [-0.25, -0.2) is 0 Å². The summed E-state index contributed by atoms with van der Waals surface area (Å²) in [7, 11) is 0. The summed E-state index contributed by atoms with van der Waals surface area (Å²) in [5.41, 5.74) is 2.51. The minimum atomic E-state index is -0.116. The predicted molar refractivity (Wildman–Crippen MR) is 133 cm³/mol. The van der Waals surface area contributed by atoms with Gasteiger partial charge in [0.1, 0.15) is 6.10 Å². The number of hydrogen-bond donors (Lipinski definition) is 0. The second kappa shape index (κ2) is 9.10. The first-order valence-electron chi connectivity index (χ1n) is 13.9. The molecule has 0 amide bonds. The molecular formula is C30H50O2. The first kappa shape index (κ1) is 24.3. The maximum Gasteiger partial charge on any atom is 0.302 e. The van der Waals surface area contributed by atoms with Crippen molar-refractivity contribution in [3.8, 4) is 0 Å². The van der Waals surface area contributed by atoms with Crippen LogP contribution in [0.25, 0.3) is 0 Å². The normalized spacial score (nSPS) is 43.0. The SMILES string of the molecule is CC(=O)O[C@@H]1CC[C@@]2(C)C(=CC[C@H]3[C@@H]4CC[C@H]([C@H](C)CC[C@@H](C)C(C)C)[C@@]4(C)CC[C@@H]32)C1. The van der Waals surface area contributed by atoms with E-state index in [-0.39, 0.29) is 12.1 Å². The Kier molecular flexibility index (Phi) is 6.92. The van der Waals surface area contributed by atoms with Gasteiger partial charge in [-0.1, -0.05) is 66.0 Å². The average molecular weight is 443 g/mol. The molecule has 0 spiro atoms. The van der Waals surface area contributed by atoms with Crippen molar-refractivity contribution in [2.45, 2.75) is 119 Å². The molecule has 0 aromatic rings. The molecule has 9 atom stereocenters. The van der Waals surface area contributed by atoms with Gasteiger partial charge in [0.25, 0.3) is 0 Å². The molecule has 4 aliphatic carbocycles. The fourth-order valence-electron chi connectivity index (χ4n) is 9.00. The lowest BCUT2D eigenvalue weighted by atomic mass is 9.47. The number of ether oxygens (including phenoxy) is 1. The molecule has 4 rings (SSSR count). The number of allylic oxidation sites excluding steroid dienone is 1. The van der Waals surface area contributed by atoms with E-state index in [1.165, 1.54) is 51.4 Å². The lowest BCUT2D eigenvalue weighted by Gasteiger charge is -2.58. The molecule has 32 heavy (non-hydrogen) atoms. The Labute approximate surface area is 198 Å². The molecule has 3 saturated carbocycles. The third kappa shape index (κ3) is 4.22. The number of carbonyl (C=O) groups is 1. The van der Waals surface area contributed by atoms with Gasteiger partial charge in [0.05, 0.1) is 0 Å².